The van der Waals surface area contributed by atoms with Crippen molar-refractivity contribution >= 4 is 22.9 Å². The normalized spacial score (nSPS) is 13.1. The minimum Gasteiger partial charge on any atom is -0.383 e. The first-order chi connectivity index (χ1) is 7.09. The van der Waals surface area contributed by atoms with Crippen LogP contribution < -0.4 is 0 Å². The Hall–Kier alpha value is -0.840. The molecule has 0 aliphatic heterocycles. The van der Waals surface area contributed by atoms with Gasteiger partial charge in [-0.05, 0) is 18.4 Å². The van der Waals surface area contributed by atoms with Crippen LogP contribution in [0.2, 0.25) is 5.02 Å². The molecule has 80 valence electrons. The van der Waals surface area contributed by atoms with E-state index in [1.807, 2.05) is 25.5 Å². The van der Waals surface area contributed by atoms with Gasteiger partial charge >= 0.3 is 0 Å². The van der Waals surface area contributed by atoms with Gasteiger partial charge in [0, 0.05) is 18.8 Å². The van der Waals surface area contributed by atoms with Gasteiger partial charge in [-0.15, -0.1) is 11.3 Å². The summed E-state index contributed by atoms with van der Waals surface area (Å²) >= 11 is 7.42. The quantitative estimate of drug-likeness (QED) is 0.879. The average Bonchev–Trinajstić information content (AvgIpc) is 2.71. The Bertz CT molecular complexity index is 477. The number of aryl methyl sites for hydroxylation is 2. The first-order valence-electron chi connectivity index (χ1n) is 4.50. The first-order valence-corrected chi connectivity index (χ1v) is 5.76. The molecule has 15 heavy (non-hydrogen) atoms. The lowest BCUT2D eigenvalue weighted by atomic mass is 10.1. The highest BCUT2D eigenvalue weighted by Crippen LogP contribution is 2.33. The van der Waals surface area contributed by atoms with Crippen molar-refractivity contribution in [2.24, 2.45) is 7.05 Å². The van der Waals surface area contributed by atoms with Crippen LogP contribution in [-0.4, -0.2) is 14.9 Å². The maximum absolute atomic E-state index is 10.1. The van der Waals surface area contributed by atoms with Crippen LogP contribution in [0, 0.1) is 6.92 Å². The van der Waals surface area contributed by atoms with E-state index in [9.17, 15) is 5.11 Å². The van der Waals surface area contributed by atoms with E-state index in [4.69, 9.17) is 11.6 Å². The molecule has 2 aromatic rings. The maximum Gasteiger partial charge on any atom is 0.118 e. The molecule has 3 nitrogen and oxygen atoms in total. The van der Waals surface area contributed by atoms with Gasteiger partial charge in [-0.1, -0.05) is 11.6 Å². The van der Waals surface area contributed by atoms with Gasteiger partial charge in [0.05, 0.1) is 15.6 Å². The largest absolute Gasteiger partial charge is 0.383 e. The van der Waals surface area contributed by atoms with E-state index in [1.54, 1.807) is 10.7 Å². The van der Waals surface area contributed by atoms with Gasteiger partial charge in [-0.3, -0.25) is 4.68 Å². The molecule has 0 amide bonds. The van der Waals surface area contributed by atoms with Crippen LogP contribution >= 0.6 is 22.9 Å². The summed E-state index contributed by atoms with van der Waals surface area (Å²) in [5.41, 5.74) is 1.64. The lowest BCUT2D eigenvalue weighted by Crippen LogP contribution is -1.98. The lowest BCUT2D eigenvalue weighted by molar-refractivity contribution is 0.223. The summed E-state index contributed by atoms with van der Waals surface area (Å²) in [4.78, 5) is 0.771. The van der Waals surface area contributed by atoms with Gasteiger partial charge in [0.25, 0.3) is 0 Å². The molecule has 1 unspecified atom stereocenters. The van der Waals surface area contributed by atoms with Gasteiger partial charge in [-0.25, -0.2) is 0 Å². The monoisotopic (exact) mass is 242 g/mol. The van der Waals surface area contributed by atoms with Crippen LogP contribution in [-0.2, 0) is 7.05 Å². The van der Waals surface area contributed by atoms with E-state index in [2.05, 4.69) is 5.10 Å². The van der Waals surface area contributed by atoms with Crippen LogP contribution in [0.1, 0.15) is 22.2 Å². The van der Waals surface area contributed by atoms with Crippen LogP contribution in [0.3, 0.4) is 0 Å². The number of rotatable bonds is 2. The van der Waals surface area contributed by atoms with E-state index in [1.165, 1.54) is 11.3 Å². The van der Waals surface area contributed by atoms with Crippen molar-refractivity contribution < 1.29 is 5.11 Å². The molecule has 5 heteroatoms. The molecule has 2 rings (SSSR count). The van der Waals surface area contributed by atoms with Crippen molar-refractivity contribution in [1.29, 1.82) is 0 Å². The number of nitrogens with zero attached hydrogens (tertiary/aromatic N) is 2. The van der Waals surface area contributed by atoms with E-state index >= 15 is 0 Å². The van der Waals surface area contributed by atoms with Gasteiger partial charge < -0.3 is 5.11 Å². The van der Waals surface area contributed by atoms with Gasteiger partial charge in [0.2, 0.25) is 0 Å². The van der Waals surface area contributed by atoms with E-state index < -0.39 is 6.10 Å². The summed E-state index contributed by atoms with van der Waals surface area (Å²) in [6.45, 7) is 1.88. The minimum atomic E-state index is -0.675. The van der Waals surface area contributed by atoms with Crippen molar-refractivity contribution in [2.45, 2.75) is 13.0 Å². The topological polar surface area (TPSA) is 38.0 Å². The Labute approximate surface area is 96.9 Å². The Balaban J connectivity index is 2.40. The van der Waals surface area contributed by atoms with Crippen molar-refractivity contribution in [3.8, 4) is 0 Å². The summed E-state index contributed by atoms with van der Waals surface area (Å²) in [6.07, 6.45) is 1.14. The molecule has 0 spiro atoms. The fraction of sp³-hybridized carbons (Fsp3) is 0.300. The highest BCUT2D eigenvalue weighted by molar-refractivity contribution is 7.10. The number of aliphatic hydroxyl groups is 1. The molecule has 0 aliphatic rings. The maximum atomic E-state index is 10.1. The molecule has 0 aliphatic carbocycles. The first kappa shape index (κ1) is 10.7. The Morgan fingerprint density at radius 1 is 1.60 bits per heavy atom. The lowest BCUT2D eigenvalue weighted by Gasteiger charge is -2.07. The third-order valence-corrected chi connectivity index (χ3v) is 3.65. The number of aliphatic hydroxyl groups excluding tert-OH is 1. The van der Waals surface area contributed by atoms with Crippen molar-refractivity contribution in [3.05, 3.63) is 38.8 Å². The summed E-state index contributed by atoms with van der Waals surface area (Å²) < 4.78 is 1.69. The molecular formula is C10H11ClN2OS. The second-order valence-electron chi connectivity index (χ2n) is 3.38. The molecule has 0 saturated heterocycles. The molecule has 0 aromatic carbocycles. The predicted molar refractivity (Wildman–Crippen MR) is 61.3 cm³/mol. The second kappa shape index (κ2) is 3.96. The molecule has 0 saturated carbocycles. The highest BCUT2D eigenvalue weighted by atomic mass is 35.5. The molecule has 0 fully saturated rings. The van der Waals surface area contributed by atoms with Crippen LogP contribution in [0.4, 0.5) is 0 Å². The molecule has 0 radical (unpaired) electrons. The SMILES string of the molecule is Cc1nn(C)cc1C(O)c1sccc1Cl. The molecular weight excluding hydrogens is 232 g/mol. The zero-order valence-corrected chi connectivity index (χ0v) is 10.0. The Morgan fingerprint density at radius 2 is 2.33 bits per heavy atom. The molecule has 1 N–H and O–H groups in total. The zero-order chi connectivity index (χ0) is 11.0. The van der Waals surface area contributed by atoms with Crippen molar-refractivity contribution in [2.75, 3.05) is 0 Å². The summed E-state index contributed by atoms with van der Waals surface area (Å²) in [5, 5.41) is 16.8. The third kappa shape index (κ3) is 1.93. The standard InChI is InChI=1S/C10H11ClN2OS/c1-6-7(5-13(2)12-6)9(14)10-8(11)3-4-15-10/h3-5,9,14H,1-2H3. The predicted octanol–water partition coefficient (Wildman–Crippen LogP) is 2.53. The number of hydrogen-bond donors (Lipinski definition) is 1. The zero-order valence-electron chi connectivity index (χ0n) is 8.44. The molecule has 2 heterocycles. The van der Waals surface area contributed by atoms with Crippen LogP contribution in [0.15, 0.2) is 17.6 Å². The molecule has 2 aromatic heterocycles. The van der Waals surface area contributed by atoms with Gasteiger partial charge in [0.15, 0.2) is 0 Å². The van der Waals surface area contributed by atoms with E-state index in [0.717, 1.165) is 16.1 Å². The van der Waals surface area contributed by atoms with Crippen LogP contribution in [0.25, 0.3) is 0 Å². The van der Waals surface area contributed by atoms with Gasteiger partial charge in [-0.2, -0.15) is 5.10 Å². The van der Waals surface area contributed by atoms with E-state index in [0.29, 0.717) is 5.02 Å². The van der Waals surface area contributed by atoms with Gasteiger partial charge in [0.1, 0.15) is 6.10 Å². The summed E-state index contributed by atoms with van der Waals surface area (Å²) in [5.74, 6) is 0. The number of hydrogen-bond acceptors (Lipinski definition) is 3. The molecule has 0 bridgehead atoms. The average molecular weight is 243 g/mol. The molecule has 1 atom stereocenters. The fourth-order valence-electron chi connectivity index (χ4n) is 1.53. The Morgan fingerprint density at radius 3 is 2.80 bits per heavy atom. The fourth-order valence-corrected chi connectivity index (χ4v) is 2.69. The van der Waals surface area contributed by atoms with E-state index in [-0.39, 0.29) is 0 Å². The Kier molecular flexibility index (Phi) is 2.82. The smallest absolute Gasteiger partial charge is 0.118 e. The summed E-state index contributed by atoms with van der Waals surface area (Å²) in [6, 6.07) is 1.79. The number of aromatic nitrogens is 2. The highest BCUT2D eigenvalue weighted by Gasteiger charge is 2.19. The van der Waals surface area contributed by atoms with Crippen LogP contribution in [0.5, 0.6) is 0 Å². The third-order valence-electron chi connectivity index (χ3n) is 2.24. The van der Waals surface area contributed by atoms with Crippen molar-refractivity contribution in [3.63, 3.8) is 0 Å². The minimum absolute atomic E-state index is 0.607. The summed E-state index contributed by atoms with van der Waals surface area (Å²) in [7, 11) is 1.83. The van der Waals surface area contributed by atoms with Crippen molar-refractivity contribution in [1.82, 2.24) is 9.78 Å². The second-order valence-corrected chi connectivity index (χ2v) is 4.73. The number of halogens is 1. The number of thiophene rings is 1.